The van der Waals surface area contributed by atoms with Gasteiger partial charge in [-0.2, -0.15) is 0 Å². The first-order valence-corrected chi connectivity index (χ1v) is 12.1. The summed E-state index contributed by atoms with van der Waals surface area (Å²) in [5.74, 6) is 0.864. The van der Waals surface area contributed by atoms with Crippen molar-refractivity contribution in [2.24, 2.45) is 0 Å². The molecule has 1 aromatic carbocycles. The minimum Gasteiger partial charge on any atom is -0.493 e. The van der Waals surface area contributed by atoms with E-state index in [9.17, 15) is 14.7 Å². The predicted octanol–water partition coefficient (Wildman–Crippen LogP) is 3.54. The molecule has 0 atom stereocenters. The number of fused-ring (bicyclic) bond motifs is 2. The number of ether oxygens (including phenoxy) is 2. The molecular weight excluding hydrogens is 472 g/mol. The Morgan fingerprint density at radius 1 is 1.26 bits per heavy atom. The van der Waals surface area contributed by atoms with Gasteiger partial charge < -0.3 is 19.5 Å². The third-order valence-corrected chi connectivity index (χ3v) is 6.76. The number of amides is 1. The molecule has 4 heterocycles. The van der Waals surface area contributed by atoms with Crippen LogP contribution in [0.25, 0.3) is 16.7 Å². The maximum Gasteiger partial charge on any atom is 0.410 e. The first-order valence-electron chi connectivity index (χ1n) is 11.8. The lowest BCUT2D eigenvalue weighted by atomic mass is 9.91. The van der Waals surface area contributed by atoms with E-state index in [-0.39, 0.29) is 12.1 Å². The molecule has 2 aromatic heterocycles. The van der Waals surface area contributed by atoms with Gasteiger partial charge in [0.15, 0.2) is 5.65 Å². The first-order chi connectivity index (χ1) is 16.5. The number of benzene rings is 1. The van der Waals surface area contributed by atoms with Crippen LogP contribution in [0.4, 0.5) is 4.79 Å². The number of aromatic nitrogens is 3. The summed E-state index contributed by atoms with van der Waals surface area (Å²) in [6.45, 7) is 6.88. The quantitative estimate of drug-likeness (QED) is 0.590. The topological polar surface area (TPSA) is 98.8 Å². The Morgan fingerprint density at radius 3 is 2.71 bits per heavy atom. The molecule has 0 radical (unpaired) electrons. The van der Waals surface area contributed by atoms with Gasteiger partial charge in [0.25, 0.3) is 5.56 Å². The molecule has 10 heteroatoms. The summed E-state index contributed by atoms with van der Waals surface area (Å²) >= 11 is 6.53. The van der Waals surface area contributed by atoms with E-state index in [0.717, 1.165) is 23.4 Å². The van der Waals surface area contributed by atoms with Gasteiger partial charge in [0, 0.05) is 25.2 Å². The minimum atomic E-state index is -1.13. The summed E-state index contributed by atoms with van der Waals surface area (Å²) in [4.78, 5) is 31.7. The van der Waals surface area contributed by atoms with Gasteiger partial charge in [-0.05, 0) is 63.4 Å². The molecule has 5 rings (SSSR count). The van der Waals surface area contributed by atoms with E-state index >= 15 is 0 Å². The molecule has 1 fully saturated rings. The summed E-state index contributed by atoms with van der Waals surface area (Å²) in [5, 5.41) is 11.9. The second-order valence-electron chi connectivity index (χ2n) is 10.3. The van der Waals surface area contributed by atoms with Crippen molar-refractivity contribution >= 4 is 28.7 Å². The van der Waals surface area contributed by atoms with Gasteiger partial charge in [0.05, 0.1) is 24.1 Å². The monoisotopic (exact) mass is 500 g/mol. The molecule has 186 valence electrons. The second-order valence-corrected chi connectivity index (χ2v) is 10.7. The van der Waals surface area contributed by atoms with Gasteiger partial charge in [-0.25, -0.2) is 9.78 Å². The summed E-state index contributed by atoms with van der Waals surface area (Å²) in [6.07, 6.45) is 2.54. The highest BCUT2D eigenvalue weighted by Gasteiger charge is 2.36. The molecule has 1 amide bonds. The number of carbonyl (C=O) groups excluding carboxylic acids is 1. The normalized spacial score (nSPS) is 17.3. The average Bonchev–Trinajstić information content (AvgIpc) is 3.38. The van der Waals surface area contributed by atoms with Crippen LogP contribution in [0.1, 0.15) is 39.2 Å². The maximum absolute atomic E-state index is 13.3. The van der Waals surface area contributed by atoms with Crippen molar-refractivity contribution in [2.45, 2.75) is 57.8 Å². The van der Waals surface area contributed by atoms with Crippen LogP contribution < -0.4 is 10.3 Å². The zero-order valence-electron chi connectivity index (χ0n) is 20.1. The SMILES string of the molecule is CC(C)(C)OC(=O)N1CCC(O)(Cn2cnc3c(cc(Cl)n3-c3ccc4c(c3)CCO4)c2=O)CC1. The summed E-state index contributed by atoms with van der Waals surface area (Å²) in [6, 6.07) is 7.41. The third-order valence-electron chi connectivity index (χ3n) is 6.48. The number of carbonyl (C=O) groups is 1. The number of hydrogen-bond donors (Lipinski definition) is 1. The molecule has 0 aliphatic carbocycles. The highest BCUT2D eigenvalue weighted by molar-refractivity contribution is 6.31. The van der Waals surface area contributed by atoms with Crippen LogP contribution in [-0.2, 0) is 17.7 Å². The summed E-state index contributed by atoms with van der Waals surface area (Å²) < 4.78 is 14.2. The van der Waals surface area contributed by atoms with Gasteiger partial charge in [0.2, 0.25) is 0 Å². The molecule has 0 spiro atoms. The van der Waals surface area contributed by atoms with Crippen LogP contribution >= 0.6 is 11.6 Å². The Bertz CT molecular complexity index is 1350. The number of hydrogen-bond acceptors (Lipinski definition) is 6. The van der Waals surface area contributed by atoms with Crippen molar-refractivity contribution in [1.82, 2.24) is 19.0 Å². The average molecular weight is 501 g/mol. The van der Waals surface area contributed by atoms with Crippen LogP contribution in [0.3, 0.4) is 0 Å². The van der Waals surface area contributed by atoms with Gasteiger partial charge in [-0.15, -0.1) is 0 Å². The van der Waals surface area contributed by atoms with Crippen molar-refractivity contribution < 1.29 is 19.4 Å². The fraction of sp³-hybridized carbons (Fsp3) is 0.480. The molecule has 1 N–H and O–H groups in total. The van der Waals surface area contributed by atoms with Crippen LogP contribution in [0.2, 0.25) is 5.15 Å². The lowest BCUT2D eigenvalue weighted by Crippen LogP contribution is -2.50. The number of halogens is 1. The zero-order valence-corrected chi connectivity index (χ0v) is 20.8. The molecular formula is C25H29ClN4O5. The number of nitrogens with zero attached hydrogens (tertiary/aromatic N) is 4. The van der Waals surface area contributed by atoms with E-state index in [1.807, 2.05) is 39.0 Å². The highest BCUT2D eigenvalue weighted by atomic mass is 35.5. The van der Waals surface area contributed by atoms with E-state index in [1.54, 1.807) is 15.5 Å². The maximum atomic E-state index is 13.3. The largest absolute Gasteiger partial charge is 0.493 e. The fourth-order valence-corrected chi connectivity index (χ4v) is 4.95. The molecule has 3 aromatic rings. The Kier molecular flexibility index (Phi) is 5.80. The zero-order chi connectivity index (χ0) is 25.0. The van der Waals surface area contributed by atoms with Crippen molar-refractivity contribution in [1.29, 1.82) is 0 Å². The lowest BCUT2D eigenvalue weighted by molar-refractivity contribution is -0.0419. The molecule has 2 aliphatic rings. The lowest BCUT2D eigenvalue weighted by Gasteiger charge is -2.38. The Hall–Kier alpha value is -3.04. The smallest absolute Gasteiger partial charge is 0.410 e. The van der Waals surface area contributed by atoms with Crippen molar-refractivity contribution in [3.63, 3.8) is 0 Å². The highest BCUT2D eigenvalue weighted by Crippen LogP contribution is 2.31. The number of piperidine rings is 1. The van der Waals surface area contributed by atoms with Crippen LogP contribution in [0, 0.1) is 0 Å². The first kappa shape index (κ1) is 23.7. The standard InChI is InChI=1S/C25H29ClN4O5/c1-24(2,3)35-23(32)28-9-7-25(33,8-10-28)14-29-15-27-21-18(22(29)31)13-20(26)30(21)17-4-5-19-16(12-17)6-11-34-19/h4-5,12-13,15,33H,6-11,14H2,1-3H3. The van der Waals surface area contributed by atoms with E-state index in [2.05, 4.69) is 4.98 Å². The fourth-order valence-electron chi connectivity index (χ4n) is 4.66. The van der Waals surface area contributed by atoms with Gasteiger partial charge in [-0.1, -0.05) is 11.6 Å². The minimum absolute atomic E-state index is 0.0793. The Labute approximate surface area is 207 Å². The summed E-state index contributed by atoms with van der Waals surface area (Å²) in [5.41, 5.74) is 0.375. The molecule has 0 unspecified atom stereocenters. The molecule has 1 saturated heterocycles. The van der Waals surface area contributed by atoms with Crippen LogP contribution in [-0.4, -0.2) is 61.1 Å². The predicted molar refractivity (Wildman–Crippen MR) is 132 cm³/mol. The van der Waals surface area contributed by atoms with Gasteiger partial charge in [-0.3, -0.25) is 13.9 Å². The van der Waals surface area contributed by atoms with Crippen molar-refractivity contribution in [3.05, 3.63) is 51.7 Å². The molecule has 9 nitrogen and oxygen atoms in total. The molecule has 0 saturated carbocycles. The van der Waals surface area contributed by atoms with E-state index in [4.69, 9.17) is 21.1 Å². The molecule has 2 aliphatic heterocycles. The second kappa shape index (κ2) is 8.57. The van der Waals surface area contributed by atoms with Crippen molar-refractivity contribution in [3.8, 4) is 11.4 Å². The van der Waals surface area contributed by atoms with Crippen LogP contribution in [0.5, 0.6) is 5.75 Å². The van der Waals surface area contributed by atoms with E-state index in [1.165, 1.54) is 10.9 Å². The molecule has 35 heavy (non-hydrogen) atoms. The number of rotatable bonds is 3. The number of likely N-dealkylation sites (tertiary alicyclic amines) is 1. The summed E-state index contributed by atoms with van der Waals surface area (Å²) in [7, 11) is 0. The Morgan fingerprint density at radius 2 is 2.00 bits per heavy atom. The van der Waals surface area contributed by atoms with Crippen molar-refractivity contribution in [2.75, 3.05) is 19.7 Å². The van der Waals surface area contributed by atoms with E-state index in [0.29, 0.717) is 48.7 Å². The Balaban J connectivity index is 1.37. The third kappa shape index (κ3) is 4.62. The van der Waals surface area contributed by atoms with Gasteiger partial charge >= 0.3 is 6.09 Å². The van der Waals surface area contributed by atoms with Gasteiger partial charge in [0.1, 0.15) is 22.8 Å². The van der Waals surface area contributed by atoms with E-state index < -0.39 is 17.3 Å². The number of aliphatic hydroxyl groups is 1. The van der Waals surface area contributed by atoms with Crippen LogP contribution in [0.15, 0.2) is 35.4 Å². The molecule has 0 bridgehead atoms.